The first-order valence-electron chi connectivity index (χ1n) is 3.97. The van der Waals surface area contributed by atoms with Crippen molar-refractivity contribution in [3.63, 3.8) is 0 Å². The number of aromatic nitrogens is 3. The summed E-state index contributed by atoms with van der Waals surface area (Å²) in [5.41, 5.74) is 5.36. The Kier molecular flexibility index (Phi) is 2.69. The lowest BCUT2D eigenvalue weighted by Crippen LogP contribution is -1.93. The Morgan fingerprint density at radius 2 is 2.27 bits per heavy atom. The zero-order valence-corrected chi connectivity index (χ0v) is 8.17. The summed E-state index contributed by atoms with van der Waals surface area (Å²) in [6.45, 7) is 0.292. The summed E-state index contributed by atoms with van der Waals surface area (Å²) in [5.74, 6) is -0.643. The molecule has 0 saturated carbocycles. The van der Waals surface area contributed by atoms with E-state index in [4.69, 9.17) is 10.2 Å². The van der Waals surface area contributed by atoms with Crippen molar-refractivity contribution >= 4 is 11.3 Å². The third-order valence-electron chi connectivity index (χ3n) is 1.57. The van der Waals surface area contributed by atoms with Gasteiger partial charge in [0.2, 0.25) is 0 Å². The minimum atomic E-state index is -2.76. The van der Waals surface area contributed by atoms with Crippen molar-refractivity contribution in [2.24, 2.45) is 5.73 Å². The van der Waals surface area contributed by atoms with Crippen LogP contribution in [0.5, 0.6) is 0 Å². The molecule has 2 aromatic heterocycles. The highest BCUT2D eigenvalue weighted by Gasteiger charge is 2.18. The van der Waals surface area contributed by atoms with Crippen LogP contribution < -0.4 is 5.73 Å². The van der Waals surface area contributed by atoms with Gasteiger partial charge < -0.3 is 10.2 Å². The largest absolute Gasteiger partial charge is 0.414 e. The molecule has 0 aromatic carbocycles. The summed E-state index contributed by atoms with van der Waals surface area (Å²) in [6, 6.07) is 0. The number of rotatable bonds is 3. The van der Waals surface area contributed by atoms with Crippen LogP contribution in [-0.4, -0.2) is 15.2 Å². The van der Waals surface area contributed by atoms with E-state index in [9.17, 15) is 8.78 Å². The molecule has 0 unspecified atom stereocenters. The van der Waals surface area contributed by atoms with E-state index >= 15 is 0 Å². The molecular formula is C7H6F2N4OS. The maximum Gasteiger partial charge on any atom is 0.314 e. The Morgan fingerprint density at radius 1 is 1.47 bits per heavy atom. The van der Waals surface area contributed by atoms with E-state index in [0.29, 0.717) is 16.4 Å². The van der Waals surface area contributed by atoms with E-state index in [0.717, 1.165) is 0 Å². The second-order valence-corrected chi connectivity index (χ2v) is 3.68. The third-order valence-corrected chi connectivity index (χ3v) is 2.57. The second-order valence-electron chi connectivity index (χ2n) is 2.57. The SMILES string of the molecule is NCc1ncc(-c2nnc(C(F)F)o2)s1. The minimum Gasteiger partial charge on any atom is -0.414 e. The molecule has 15 heavy (non-hydrogen) atoms. The lowest BCUT2D eigenvalue weighted by molar-refractivity contribution is 0.116. The Hall–Kier alpha value is -1.41. The van der Waals surface area contributed by atoms with Crippen molar-refractivity contribution < 1.29 is 13.2 Å². The van der Waals surface area contributed by atoms with Crippen LogP contribution in [0.1, 0.15) is 17.3 Å². The van der Waals surface area contributed by atoms with Gasteiger partial charge in [0, 0.05) is 6.54 Å². The summed E-state index contributed by atoms with van der Waals surface area (Å²) in [4.78, 5) is 4.48. The lowest BCUT2D eigenvalue weighted by atomic mass is 10.5. The van der Waals surface area contributed by atoms with Crippen LogP contribution in [-0.2, 0) is 6.54 Å². The van der Waals surface area contributed by atoms with Gasteiger partial charge in [-0.05, 0) is 0 Å². The normalized spacial score (nSPS) is 11.2. The van der Waals surface area contributed by atoms with E-state index in [1.807, 2.05) is 0 Å². The Morgan fingerprint density at radius 3 is 2.80 bits per heavy atom. The smallest absolute Gasteiger partial charge is 0.314 e. The molecule has 0 saturated heterocycles. The highest BCUT2D eigenvalue weighted by Crippen LogP contribution is 2.27. The predicted molar refractivity (Wildman–Crippen MR) is 48.3 cm³/mol. The zero-order chi connectivity index (χ0) is 10.8. The van der Waals surface area contributed by atoms with E-state index < -0.39 is 12.3 Å². The minimum absolute atomic E-state index is 0.0440. The second kappa shape index (κ2) is 3.99. The van der Waals surface area contributed by atoms with Crippen LogP contribution in [0, 0.1) is 0 Å². The lowest BCUT2D eigenvalue weighted by Gasteiger charge is -1.87. The Balaban J connectivity index is 2.28. The molecule has 0 amide bonds. The van der Waals surface area contributed by atoms with Crippen LogP contribution in [0.4, 0.5) is 8.78 Å². The molecule has 0 radical (unpaired) electrons. The fourth-order valence-electron chi connectivity index (χ4n) is 0.926. The van der Waals surface area contributed by atoms with Gasteiger partial charge in [-0.2, -0.15) is 8.78 Å². The van der Waals surface area contributed by atoms with E-state index in [2.05, 4.69) is 15.2 Å². The summed E-state index contributed by atoms with van der Waals surface area (Å²) in [5, 5.41) is 7.38. The molecule has 0 spiro atoms. The Labute approximate surface area is 87.0 Å². The van der Waals surface area contributed by atoms with Crippen molar-refractivity contribution in [2.45, 2.75) is 13.0 Å². The highest BCUT2D eigenvalue weighted by molar-refractivity contribution is 7.15. The molecule has 0 bridgehead atoms. The quantitative estimate of drug-likeness (QED) is 0.869. The van der Waals surface area contributed by atoms with Gasteiger partial charge in [0.25, 0.3) is 11.8 Å². The molecule has 0 aliphatic rings. The molecular weight excluding hydrogens is 226 g/mol. The molecule has 0 fully saturated rings. The number of halogens is 2. The number of hydrogen-bond acceptors (Lipinski definition) is 6. The molecule has 0 atom stereocenters. The van der Waals surface area contributed by atoms with Crippen LogP contribution in [0.15, 0.2) is 10.6 Å². The maximum absolute atomic E-state index is 12.1. The van der Waals surface area contributed by atoms with E-state index in [1.165, 1.54) is 17.5 Å². The first-order valence-corrected chi connectivity index (χ1v) is 4.79. The number of thiazole rings is 1. The van der Waals surface area contributed by atoms with Crippen molar-refractivity contribution in [2.75, 3.05) is 0 Å². The van der Waals surface area contributed by atoms with Gasteiger partial charge in [-0.15, -0.1) is 21.5 Å². The first kappa shape index (κ1) is 10.1. The van der Waals surface area contributed by atoms with Crippen LogP contribution in [0.3, 0.4) is 0 Å². The molecule has 0 aliphatic heterocycles. The van der Waals surface area contributed by atoms with Crippen molar-refractivity contribution in [1.29, 1.82) is 0 Å². The Bertz CT molecular complexity index is 455. The highest BCUT2D eigenvalue weighted by atomic mass is 32.1. The summed E-state index contributed by atoms with van der Waals surface area (Å²) < 4.78 is 29.0. The van der Waals surface area contributed by atoms with Gasteiger partial charge in [-0.3, -0.25) is 0 Å². The molecule has 80 valence electrons. The number of nitrogens with two attached hydrogens (primary N) is 1. The average Bonchev–Trinajstić information content (AvgIpc) is 2.86. The van der Waals surface area contributed by atoms with Crippen LogP contribution in [0.25, 0.3) is 10.8 Å². The van der Waals surface area contributed by atoms with Crippen LogP contribution >= 0.6 is 11.3 Å². The molecule has 2 rings (SSSR count). The van der Waals surface area contributed by atoms with Gasteiger partial charge in [-0.25, -0.2) is 4.98 Å². The molecule has 2 aromatic rings. The van der Waals surface area contributed by atoms with Gasteiger partial charge in [0.15, 0.2) is 0 Å². The summed E-state index contributed by atoms with van der Waals surface area (Å²) >= 11 is 1.23. The molecule has 2 heterocycles. The summed E-state index contributed by atoms with van der Waals surface area (Å²) in [6.07, 6.45) is -1.29. The van der Waals surface area contributed by atoms with Gasteiger partial charge in [-0.1, -0.05) is 0 Å². The number of alkyl halides is 2. The zero-order valence-electron chi connectivity index (χ0n) is 7.35. The van der Waals surface area contributed by atoms with Crippen molar-refractivity contribution in [3.05, 3.63) is 17.1 Å². The van der Waals surface area contributed by atoms with Gasteiger partial charge in [0.1, 0.15) is 9.88 Å². The fourth-order valence-corrected chi connectivity index (χ4v) is 1.64. The maximum atomic E-state index is 12.1. The average molecular weight is 232 g/mol. The number of nitrogens with zero attached hydrogens (tertiary/aromatic N) is 3. The van der Waals surface area contributed by atoms with Crippen molar-refractivity contribution in [3.8, 4) is 10.8 Å². The molecule has 8 heteroatoms. The van der Waals surface area contributed by atoms with E-state index in [1.54, 1.807) is 0 Å². The monoisotopic (exact) mass is 232 g/mol. The standard InChI is InChI=1S/C7H6F2N4OS/c8-5(9)7-13-12-6(14-7)3-2-11-4(1-10)15-3/h2,5H,1,10H2. The fraction of sp³-hybridized carbons (Fsp3) is 0.286. The predicted octanol–water partition coefficient (Wildman–Crippen LogP) is 1.59. The summed E-state index contributed by atoms with van der Waals surface area (Å²) in [7, 11) is 0. The first-order chi connectivity index (χ1) is 7.20. The molecule has 2 N–H and O–H groups in total. The van der Waals surface area contributed by atoms with E-state index in [-0.39, 0.29) is 5.89 Å². The van der Waals surface area contributed by atoms with Gasteiger partial charge in [0.05, 0.1) is 6.20 Å². The van der Waals surface area contributed by atoms with Crippen LogP contribution in [0.2, 0.25) is 0 Å². The third kappa shape index (κ3) is 2.00. The number of hydrogen-bond donors (Lipinski definition) is 1. The molecule has 0 aliphatic carbocycles. The topological polar surface area (TPSA) is 77.8 Å². The van der Waals surface area contributed by atoms with Gasteiger partial charge >= 0.3 is 6.43 Å². The molecule has 5 nitrogen and oxygen atoms in total. The van der Waals surface area contributed by atoms with Crippen molar-refractivity contribution in [1.82, 2.24) is 15.2 Å².